The smallest absolute Gasteiger partial charge is 0.287 e. The lowest BCUT2D eigenvalue weighted by Gasteiger charge is -2.17. The fourth-order valence-electron chi connectivity index (χ4n) is 3.31. The van der Waals surface area contributed by atoms with Gasteiger partial charge in [0, 0.05) is 19.1 Å². The van der Waals surface area contributed by atoms with Crippen LogP contribution in [-0.4, -0.2) is 27.4 Å². The molecule has 1 aliphatic heterocycles. The molecular weight excluding hydrogens is 328 g/mol. The van der Waals surface area contributed by atoms with E-state index < -0.39 is 0 Å². The Labute approximate surface area is 154 Å². The Morgan fingerprint density at radius 2 is 2.04 bits per heavy atom. The Morgan fingerprint density at radius 3 is 2.77 bits per heavy atom. The van der Waals surface area contributed by atoms with Crippen molar-refractivity contribution in [2.45, 2.75) is 59.2 Å². The van der Waals surface area contributed by atoms with Crippen molar-refractivity contribution in [3.63, 3.8) is 0 Å². The van der Waals surface area contributed by atoms with Gasteiger partial charge < -0.3 is 15.2 Å². The molecule has 2 aromatic rings. The molecule has 2 N–H and O–H groups in total. The Kier molecular flexibility index (Phi) is 5.40. The Bertz CT molecular complexity index is 823. The van der Waals surface area contributed by atoms with Gasteiger partial charge in [0.25, 0.3) is 11.8 Å². The molecule has 138 valence electrons. The van der Waals surface area contributed by atoms with Crippen LogP contribution in [0.5, 0.6) is 0 Å². The monoisotopic (exact) mass is 354 g/mol. The maximum atomic E-state index is 12.7. The average Bonchev–Trinajstić information content (AvgIpc) is 2.99. The molecular formula is C20H26N4O2. The first-order valence-electron chi connectivity index (χ1n) is 9.19. The molecule has 2 amide bonds. The number of imidazole rings is 1. The summed E-state index contributed by atoms with van der Waals surface area (Å²) >= 11 is 0. The number of hydrogen-bond donors (Lipinski definition) is 2. The number of carbonyl (C=O) groups is 2. The summed E-state index contributed by atoms with van der Waals surface area (Å²) < 4.78 is 1.91. The van der Waals surface area contributed by atoms with Crippen LogP contribution in [0.1, 0.15) is 64.6 Å². The number of nitrogens with zero attached hydrogens (tertiary/aromatic N) is 2. The van der Waals surface area contributed by atoms with Gasteiger partial charge in [-0.05, 0) is 45.6 Å². The van der Waals surface area contributed by atoms with Crippen molar-refractivity contribution in [1.82, 2.24) is 20.2 Å². The van der Waals surface area contributed by atoms with Crippen LogP contribution in [0.25, 0.3) is 0 Å². The quantitative estimate of drug-likeness (QED) is 0.866. The van der Waals surface area contributed by atoms with E-state index in [9.17, 15) is 9.59 Å². The minimum absolute atomic E-state index is 0.0297. The predicted octanol–water partition coefficient (Wildman–Crippen LogP) is 2.60. The van der Waals surface area contributed by atoms with Crippen LogP contribution in [0.2, 0.25) is 0 Å². The van der Waals surface area contributed by atoms with Crippen LogP contribution in [0.4, 0.5) is 0 Å². The van der Waals surface area contributed by atoms with Crippen molar-refractivity contribution >= 4 is 11.8 Å². The van der Waals surface area contributed by atoms with Crippen LogP contribution < -0.4 is 10.6 Å². The molecule has 0 radical (unpaired) electrons. The summed E-state index contributed by atoms with van der Waals surface area (Å²) in [7, 11) is 0. The van der Waals surface area contributed by atoms with Gasteiger partial charge in [0.05, 0.1) is 5.69 Å². The summed E-state index contributed by atoms with van der Waals surface area (Å²) in [5.41, 5.74) is 3.46. The summed E-state index contributed by atoms with van der Waals surface area (Å²) in [6, 6.07) is 8.05. The van der Waals surface area contributed by atoms with Crippen LogP contribution in [-0.2, 0) is 19.5 Å². The van der Waals surface area contributed by atoms with Crippen molar-refractivity contribution in [2.24, 2.45) is 0 Å². The van der Waals surface area contributed by atoms with E-state index in [4.69, 9.17) is 0 Å². The molecule has 6 heteroatoms. The molecule has 0 fully saturated rings. The van der Waals surface area contributed by atoms with E-state index in [2.05, 4.69) is 15.6 Å². The molecule has 1 aliphatic rings. The average molecular weight is 354 g/mol. The highest BCUT2D eigenvalue weighted by atomic mass is 16.2. The van der Waals surface area contributed by atoms with Crippen LogP contribution in [0.15, 0.2) is 24.3 Å². The topological polar surface area (TPSA) is 76.0 Å². The summed E-state index contributed by atoms with van der Waals surface area (Å²) in [5, 5.41) is 5.81. The van der Waals surface area contributed by atoms with Gasteiger partial charge in [0.15, 0.2) is 5.82 Å². The van der Waals surface area contributed by atoms with E-state index in [1.807, 2.05) is 49.6 Å². The fourth-order valence-corrected chi connectivity index (χ4v) is 3.31. The van der Waals surface area contributed by atoms with Crippen LogP contribution in [0, 0.1) is 6.92 Å². The standard InChI is InChI=1S/C20H26N4O2/c1-13(2)22-19(25)17-16-9-4-5-10-24(16)18(23-17)20(26)21-12-15-8-6-7-14(3)11-15/h6-8,11,13H,4-5,9-10,12H2,1-3H3,(H,21,26)(H,22,25). The lowest BCUT2D eigenvalue weighted by Crippen LogP contribution is -2.31. The van der Waals surface area contributed by atoms with E-state index in [-0.39, 0.29) is 17.9 Å². The highest BCUT2D eigenvalue weighted by molar-refractivity contribution is 5.97. The van der Waals surface area contributed by atoms with Crippen molar-refractivity contribution in [3.05, 3.63) is 52.6 Å². The third-order valence-corrected chi connectivity index (χ3v) is 4.49. The lowest BCUT2D eigenvalue weighted by molar-refractivity contribution is 0.0934. The van der Waals surface area contributed by atoms with Gasteiger partial charge in [-0.2, -0.15) is 0 Å². The molecule has 3 rings (SSSR count). The highest BCUT2D eigenvalue weighted by Gasteiger charge is 2.27. The van der Waals surface area contributed by atoms with E-state index in [1.165, 1.54) is 0 Å². The van der Waals surface area contributed by atoms with Crippen molar-refractivity contribution in [2.75, 3.05) is 0 Å². The zero-order valence-electron chi connectivity index (χ0n) is 15.6. The second-order valence-electron chi connectivity index (χ2n) is 7.14. The molecule has 1 aromatic heterocycles. The second-order valence-corrected chi connectivity index (χ2v) is 7.14. The molecule has 1 aromatic carbocycles. The molecule has 0 saturated heterocycles. The van der Waals surface area contributed by atoms with E-state index in [0.717, 1.165) is 42.6 Å². The maximum Gasteiger partial charge on any atom is 0.287 e. The number of rotatable bonds is 5. The summed E-state index contributed by atoms with van der Waals surface area (Å²) in [6.07, 6.45) is 2.78. The molecule has 26 heavy (non-hydrogen) atoms. The molecule has 0 aliphatic carbocycles. The number of aryl methyl sites for hydroxylation is 1. The van der Waals surface area contributed by atoms with Crippen molar-refractivity contribution in [1.29, 1.82) is 0 Å². The summed E-state index contributed by atoms with van der Waals surface area (Å²) in [5.74, 6) is -0.108. The minimum atomic E-state index is -0.238. The van der Waals surface area contributed by atoms with Gasteiger partial charge in [-0.1, -0.05) is 29.8 Å². The first-order valence-corrected chi connectivity index (χ1v) is 9.19. The minimum Gasteiger partial charge on any atom is -0.348 e. The molecule has 2 heterocycles. The SMILES string of the molecule is Cc1cccc(CNC(=O)c2nc(C(=O)NC(C)C)c3n2CCCC3)c1. The number of fused-ring (bicyclic) bond motifs is 1. The summed E-state index contributed by atoms with van der Waals surface area (Å²) in [4.78, 5) is 29.6. The van der Waals surface area contributed by atoms with E-state index in [0.29, 0.717) is 18.1 Å². The molecule has 0 saturated carbocycles. The maximum absolute atomic E-state index is 12.7. The van der Waals surface area contributed by atoms with Gasteiger partial charge in [0.2, 0.25) is 0 Å². The molecule has 0 spiro atoms. The Hall–Kier alpha value is -2.63. The van der Waals surface area contributed by atoms with E-state index in [1.54, 1.807) is 0 Å². The molecule has 0 unspecified atom stereocenters. The van der Waals surface area contributed by atoms with Gasteiger partial charge in [0.1, 0.15) is 5.69 Å². The van der Waals surface area contributed by atoms with Gasteiger partial charge in [-0.25, -0.2) is 4.98 Å². The number of nitrogens with one attached hydrogen (secondary N) is 2. The van der Waals surface area contributed by atoms with Gasteiger partial charge in [-0.15, -0.1) is 0 Å². The number of carbonyl (C=O) groups excluding carboxylic acids is 2. The summed E-state index contributed by atoms with van der Waals surface area (Å²) in [6.45, 7) is 7.02. The van der Waals surface area contributed by atoms with Gasteiger partial charge >= 0.3 is 0 Å². The number of hydrogen-bond acceptors (Lipinski definition) is 3. The predicted molar refractivity (Wildman–Crippen MR) is 100 cm³/mol. The first kappa shape index (κ1) is 18.2. The first-order chi connectivity index (χ1) is 12.5. The van der Waals surface area contributed by atoms with Gasteiger partial charge in [-0.3, -0.25) is 9.59 Å². The van der Waals surface area contributed by atoms with Crippen LogP contribution in [0.3, 0.4) is 0 Å². The zero-order chi connectivity index (χ0) is 18.7. The lowest BCUT2D eigenvalue weighted by atomic mass is 10.1. The molecule has 0 atom stereocenters. The largest absolute Gasteiger partial charge is 0.348 e. The van der Waals surface area contributed by atoms with E-state index >= 15 is 0 Å². The third kappa shape index (κ3) is 3.95. The number of amides is 2. The number of benzene rings is 1. The highest BCUT2D eigenvalue weighted by Crippen LogP contribution is 2.21. The Balaban J connectivity index is 1.81. The van der Waals surface area contributed by atoms with Crippen molar-refractivity contribution in [3.8, 4) is 0 Å². The molecule has 0 bridgehead atoms. The van der Waals surface area contributed by atoms with Crippen molar-refractivity contribution < 1.29 is 9.59 Å². The normalized spacial score (nSPS) is 13.4. The second kappa shape index (κ2) is 7.72. The Morgan fingerprint density at radius 1 is 1.23 bits per heavy atom. The van der Waals surface area contributed by atoms with Crippen LogP contribution >= 0.6 is 0 Å². The number of aromatic nitrogens is 2. The zero-order valence-corrected chi connectivity index (χ0v) is 15.6. The third-order valence-electron chi connectivity index (χ3n) is 4.49. The molecule has 6 nitrogen and oxygen atoms in total. The fraction of sp³-hybridized carbons (Fsp3) is 0.450.